The Morgan fingerprint density at radius 3 is 2.71 bits per heavy atom. The molecule has 1 atom stereocenters. The normalized spacial score (nSPS) is 18.9. The number of benzene rings is 1. The number of aryl methyl sites for hydroxylation is 1. The Kier molecular flexibility index (Phi) is 4.29. The Morgan fingerprint density at radius 2 is 2.00 bits per heavy atom. The third kappa shape index (κ3) is 3.13. The van der Waals surface area contributed by atoms with Gasteiger partial charge in [0.1, 0.15) is 5.82 Å². The van der Waals surface area contributed by atoms with Crippen molar-refractivity contribution in [1.82, 2.24) is 15.3 Å². The fraction of sp³-hybridized carbons (Fsp3) is 0.562. The molecule has 3 rings (SSSR count). The molecule has 2 N–H and O–H groups in total. The number of hydrogen-bond donors (Lipinski definition) is 2. The Labute approximate surface area is 125 Å². The molecule has 2 aromatic rings. The SMILES string of the molecule is COc1cc2nc(CCC3CCCCN3)[nH]c2cc1OC. The lowest BCUT2D eigenvalue weighted by Gasteiger charge is -2.22. The molecule has 0 aliphatic carbocycles. The van der Waals surface area contributed by atoms with Crippen LogP contribution in [0.2, 0.25) is 0 Å². The molecule has 1 aromatic carbocycles. The van der Waals surface area contributed by atoms with Crippen molar-refractivity contribution in [3.8, 4) is 11.5 Å². The fourth-order valence-electron chi connectivity index (χ4n) is 2.99. The van der Waals surface area contributed by atoms with Gasteiger partial charge in [0.25, 0.3) is 0 Å². The Hall–Kier alpha value is -1.75. The van der Waals surface area contributed by atoms with E-state index >= 15 is 0 Å². The van der Waals surface area contributed by atoms with Gasteiger partial charge in [0, 0.05) is 24.6 Å². The van der Waals surface area contributed by atoms with Crippen molar-refractivity contribution in [2.75, 3.05) is 20.8 Å². The summed E-state index contributed by atoms with van der Waals surface area (Å²) in [4.78, 5) is 8.05. The smallest absolute Gasteiger partial charge is 0.163 e. The minimum Gasteiger partial charge on any atom is -0.493 e. The number of imidazole rings is 1. The highest BCUT2D eigenvalue weighted by atomic mass is 16.5. The van der Waals surface area contributed by atoms with Gasteiger partial charge in [-0.1, -0.05) is 6.42 Å². The molecule has 0 spiro atoms. The van der Waals surface area contributed by atoms with Gasteiger partial charge in [0.15, 0.2) is 11.5 Å². The van der Waals surface area contributed by atoms with Crippen LogP contribution in [0.1, 0.15) is 31.5 Å². The van der Waals surface area contributed by atoms with Gasteiger partial charge in [-0.15, -0.1) is 0 Å². The molecule has 0 amide bonds. The summed E-state index contributed by atoms with van der Waals surface area (Å²) in [5.41, 5.74) is 1.93. The number of rotatable bonds is 5. The first-order chi connectivity index (χ1) is 10.3. The van der Waals surface area contributed by atoms with E-state index in [4.69, 9.17) is 9.47 Å². The van der Waals surface area contributed by atoms with Crippen molar-refractivity contribution in [3.05, 3.63) is 18.0 Å². The van der Waals surface area contributed by atoms with Crippen molar-refractivity contribution < 1.29 is 9.47 Å². The van der Waals surface area contributed by atoms with Gasteiger partial charge in [0.05, 0.1) is 25.3 Å². The molecular formula is C16H23N3O2. The zero-order valence-electron chi connectivity index (χ0n) is 12.7. The van der Waals surface area contributed by atoms with Gasteiger partial charge in [-0.3, -0.25) is 0 Å². The number of methoxy groups -OCH3 is 2. The summed E-state index contributed by atoms with van der Waals surface area (Å²) >= 11 is 0. The molecule has 1 saturated heterocycles. The van der Waals surface area contributed by atoms with E-state index in [1.807, 2.05) is 12.1 Å². The van der Waals surface area contributed by atoms with Gasteiger partial charge in [-0.25, -0.2) is 4.98 Å². The molecule has 1 fully saturated rings. The largest absolute Gasteiger partial charge is 0.493 e. The Balaban J connectivity index is 1.74. The van der Waals surface area contributed by atoms with Gasteiger partial charge in [-0.05, 0) is 25.8 Å². The average molecular weight is 289 g/mol. The highest BCUT2D eigenvalue weighted by molar-refractivity contribution is 5.79. The van der Waals surface area contributed by atoms with Crippen molar-refractivity contribution in [2.45, 2.75) is 38.1 Å². The van der Waals surface area contributed by atoms with E-state index in [2.05, 4.69) is 15.3 Å². The van der Waals surface area contributed by atoms with E-state index in [1.54, 1.807) is 14.2 Å². The van der Waals surface area contributed by atoms with Crippen molar-refractivity contribution in [2.24, 2.45) is 0 Å². The summed E-state index contributed by atoms with van der Waals surface area (Å²) in [7, 11) is 3.29. The number of aromatic nitrogens is 2. The Morgan fingerprint density at radius 1 is 1.19 bits per heavy atom. The monoisotopic (exact) mass is 289 g/mol. The molecule has 5 heteroatoms. The molecule has 2 heterocycles. The molecule has 1 aliphatic heterocycles. The number of nitrogens with one attached hydrogen (secondary N) is 2. The van der Waals surface area contributed by atoms with Gasteiger partial charge in [0.2, 0.25) is 0 Å². The van der Waals surface area contributed by atoms with Gasteiger partial charge < -0.3 is 19.8 Å². The molecule has 0 bridgehead atoms. The van der Waals surface area contributed by atoms with E-state index in [9.17, 15) is 0 Å². The summed E-state index contributed by atoms with van der Waals surface area (Å²) in [6.07, 6.45) is 6.03. The predicted molar refractivity (Wildman–Crippen MR) is 83.2 cm³/mol. The first kappa shape index (κ1) is 14.2. The zero-order valence-corrected chi connectivity index (χ0v) is 12.7. The van der Waals surface area contributed by atoms with Crippen molar-refractivity contribution >= 4 is 11.0 Å². The van der Waals surface area contributed by atoms with Crippen LogP contribution in [0, 0.1) is 0 Å². The lowest BCUT2D eigenvalue weighted by atomic mass is 10.0. The van der Waals surface area contributed by atoms with Crippen LogP contribution in [0.3, 0.4) is 0 Å². The highest BCUT2D eigenvalue weighted by Gasteiger charge is 2.14. The first-order valence-electron chi connectivity index (χ1n) is 7.64. The van der Waals surface area contributed by atoms with Crippen LogP contribution in [-0.4, -0.2) is 36.8 Å². The quantitative estimate of drug-likeness (QED) is 0.888. The highest BCUT2D eigenvalue weighted by Crippen LogP contribution is 2.31. The average Bonchev–Trinajstić information content (AvgIpc) is 2.94. The molecule has 1 aliphatic rings. The van der Waals surface area contributed by atoms with Gasteiger partial charge in [-0.2, -0.15) is 0 Å². The summed E-state index contributed by atoms with van der Waals surface area (Å²) < 4.78 is 10.6. The minimum atomic E-state index is 0.635. The van der Waals surface area contributed by atoms with Crippen LogP contribution in [0.4, 0.5) is 0 Å². The first-order valence-corrected chi connectivity index (χ1v) is 7.64. The molecule has 1 unspecified atom stereocenters. The summed E-state index contributed by atoms with van der Waals surface area (Å²) in [6, 6.07) is 4.51. The molecule has 5 nitrogen and oxygen atoms in total. The van der Waals surface area contributed by atoms with Crippen molar-refractivity contribution in [3.63, 3.8) is 0 Å². The second-order valence-corrected chi connectivity index (χ2v) is 5.59. The van der Waals surface area contributed by atoms with Crippen molar-refractivity contribution in [1.29, 1.82) is 0 Å². The molecular weight excluding hydrogens is 266 g/mol. The minimum absolute atomic E-state index is 0.635. The van der Waals surface area contributed by atoms with Crippen LogP contribution in [0.15, 0.2) is 12.1 Å². The zero-order chi connectivity index (χ0) is 14.7. The van der Waals surface area contributed by atoms with Crippen LogP contribution in [0.5, 0.6) is 11.5 Å². The molecule has 1 aromatic heterocycles. The molecule has 21 heavy (non-hydrogen) atoms. The lowest BCUT2D eigenvalue weighted by molar-refractivity contribution is 0.356. The summed E-state index contributed by atoms with van der Waals surface area (Å²) in [5.74, 6) is 2.49. The molecule has 114 valence electrons. The maximum atomic E-state index is 5.33. The predicted octanol–water partition coefficient (Wildman–Crippen LogP) is 2.65. The van der Waals surface area contributed by atoms with E-state index in [-0.39, 0.29) is 0 Å². The number of piperidine rings is 1. The molecule has 0 radical (unpaired) electrons. The lowest BCUT2D eigenvalue weighted by Crippen LogP contribution is -2.34. The van der Waals surface area contributed by atoms with E-state index in [0.717, 1.165) is 47.7 Å². The van der Waals surface area contributed by atoms with E-state index in [0.29, 0.717) is 6.04 Å². The number of H-pyrrole nitrogens is 1. The number of fused-ring (bicyclic) bond motifs is 1. The second kappa shape index (κ2) is 6.35. The van der Waals surface area contributed by atoms with E-state index < -0.39 is 0 Å². The number of ether oxygens (including phenoxy) is 2. The maximum Gasteiger partial charge on any atom is 0.163 e. The number of nitrogens with zero attached hydrogens (tertiary/aromatic N) is 1. The van der Waals surface area contributed by atoms with Crippen LogP contribution in [0.25, 0.3) is 11.0 Å². The van der Waals surface area contributed by atoms with E-state index in [1.165, 1.54) is 19.3 Å². The second-order valence-electron chi connectivity index (χ2n) is 5.59. The van der Waals surface area contributed by atoms with Crippen LogP contribution >= 0.6 is 0 Å². The van der Waals surface area contributed by atoms with Crippen LogP contribution in [-0.2, 0) is 6.42 Å². The maximum absolute atomic E-state index is 5.33. The number of aromatic amines is 1. The standard InChI is InChI=1S/C16H23N3O2/c1-20-14-9-12-13(10-15(14)21-2)19-16(18-12)7-6-11-5-3-4-8-17-11/h9-11,17H,3-8H2,1-2H3,(H,18,19). The Bertz CT molecular complexity index is 562. The topological polar surface area (TPSA) is 59.2 Å². The summed E-state index contributed by atoms with van der Waals surface area (Å²) in [6.45, 7) is 1.15. The third-order valence-corrected chi connectivity index (χ3v) is 4.18. The van der Waals surface area contributed by atoms with Gasteiger partial charge >= 0.3 is 0 Å². The fourth-order valence-corrected chi connectivity index (χ4v) is 2.99. The number of hydrogen-bond acceptors (Lipinski definition) is 4. The van der Waals surface area contributed by atoms with Crippen LogP contribution < -0.4 is 14.8 Å². The molecule has 0 saturated carbocycles. The third-order valence-electron chi connectivity index (χ3n) is 4.18. The summed E-state index contributed by atoms with van der Waals surface area (Å²) in [5, 5.41) is 3.58.